The molecular formula is C16H20ClN3O2. The monoisotopic (exact) mass is 321 g/mol. The smallest absolute Gasteiger partial charge is 0.231 e. The van der Waals surface area contributed by atoms with E-state index in [1.807, 2.05) is 51.9 Å². The summed E-state index contributed by atoms with van der Waals surface area (Å²) in [5, 5.41) is 7.43. The molecule has 1 amide bonds. The van der Waals surface area contributed by atoms with Crippen molar-refractivity contribution >= 4 is 28.9 Å². The molecule has 0 saturated carbocycles. The van der Waals surface area contributed by atoms with Crippen molar-refractivity contribution in [3.8, 4) is 0 Å². The van der Waals surface area contributed by atoms with Gasteiger partial charge in [-0.3, -0.25) is 4.79 Å². The number of carbonyl (C=O) groups is 1. The molecule has 2 aromatic rings. The van der Waals surface area contributed by atoms with Gasteiger partial charge in [-0.2, -0.15) is 0 Å². The second-order valence-corrected chi connectivity index (χ2v) is 5.89. The van der Waals surface area contributed by atoms with E-state index in [2.05, 4.69) is 10.5 Å². The van der Waals surface area contributed by atoms with Gasteiger partial charge in [0.1, 0.15) is 5.76 Å². The van der Waals surface area contributed by atoms with Crippen LogP contribution < -0.4 is 10.2 Å². The number of anilines is 2. The Morgan fingerprint density at radius 2 is 2.05 bits per heavy atom. The molecule has 118 valence electrons. The van der Waals surface area contributed by atoms with E-state index in [9.17, 15) is 4.79 Å². The van der Waals surface area contributed by atoms with Crippen LogP contribution in [0, 0.1) is 13.8 Å². The van der Waals surface area contributed by atoms with Gasteiger partial charge in [-0.1, -0.05) is 22.8 Å². The molecule has 1 heterocycles. The van der Waals surface area contributed by atoms with E-state index in [-0.39, 0.29) is 11.8 Å². The highest BCUT2D eigenvalue weighted by molar-refractivity contribution is 6.34. The maximum atomic E-state index is 12.6. The van der Waals surface area contributed by atoms with E-state index in [1.54, 1.807) is 6.07 Å². The SMILES string of the molecule is Cc1noc(C)c1[C@H](C)C(=O)Nc1cccc(Cl)c1N(C)C. The maximum Gasteiger partial charge on any atom is 0.231 e. The van der Waals surface area contributed by atoms with Crippen molar-refractivity contribution in [2.45, 2.75) is 26.7 Å². The van der Waals surface area contributed by atoms with Crippen molar-refractivity contribution in [3.63, 3.8) is 0 Å². The third kappa shape index (κ3) is 3.09. The summed E-state index contributed by atoms with van der Waals surface area (Å²) in [7, 11) is 3.77. The minimum atomic E-state index is -0.361. The standard InChI is InChI=1S/C16H20ClN3O2/c1-9(14-10(2)19-22-11(14)3)16(21)18-13-8-6-7-12(17)15(13)20(4)5/h6-9H,1-5H3,(H,18,21)/t9-/m0/s1. The van der Waals surface area contributed by atoms with Crippen LogP contribution in [0.15, 0.2) is 22.7 Å². The number of aryl methyl sites for hydroxylation is 2. The first-order valence-corrected chi connectivity index (χ1v) is 7.40. The molecule has 6 heteroatoms. The Balaban J connectivity index is 2.28. The molecular weight excluding hydrogens is 302 g/mol. The number of amides is 1. The fraction of sp³-hybridized carbons (Fsp3) is 0.375. The van der Waals surface area contributed by atoms with E-state index in [0.29, 0.717) is 16.5 Å². The molecule has 1 atom stereocenters. The van der Waals surface area contributed by atoms with E-state index in [0.717, 1.165) is 16.9 Å². The second kappa shape index (κ2) is 6.40. The number of nitrogens with zero attached hydrogens (tertiary/aromatic N) is 2. The van der Waals surface area contributed by atoms with Crippen LogP contribution in [-0.4, -0.2) is 25.2 Å². The van der Waals surface area contributed by atoms with Crippen LogP contribution in [0.4, 0.5) is 11.4 Å². The van der Waals surface area contributed by atoms with Crippen LogP contribution in [0.5, 0.6) is 0 Å². The molecule has 0 aliphatic heterocycles. The highest BCUT2D eigenvalue weighted by Crippen LogP contribution is 2.33. The lowest BCUT2D eigenvalue weighted by atomic mass is 9.98. The van der Waals surface area contributed by atoms with Crippen LogP contribution in [0.25, 0.3) is 0 Å². The molecule has 0 aliphatic carbocycles. The average molecular weight is 322 g/mol. The van der Waals surface area contributed by atoms with Gasteiger partial charge in [0.25, 0.3) is 0 Å². The Hall–Kier alpha value is -2.01. The Morgan fingerprint density at radius 3 is 2.59 bits per heavy atom. The molecule has 1 aromatic carbocycles. The molecule has 1 aromatic heterocycles. The summed E-state index contributed by atoms with van der Waals surface area (Å²) < 4.78 is 5.14. The number of carbonyl (C=O) groups excluding carboxylic acids is 1. The lowest BCUT2D eigenvalue weighted by molar-refractivity contribution is -0.117. The fourth-order valence-corrected chi connectivity index (χ4v) is 2.89. The maximum absolute atomic E-state index is 12.6. The van der Waals surface area contributed by atoms with Crippen LogP contribution in [-0.2, 0) is 4.79 Å². The van der Waals surface area contributed by atoms with Gasteiger partial charge in [0.05, 0.1) is 28.0 Å². The van der Waals surface area contributed by atoms with Crippen LogP contribution in [0.1, 0.15) is 29.9 Å². The fourth-order valence-electron chi connectivity index (χ4n) is 2.55. The molecule has 5 nitrogen and oxygen atoms in total. The average Bonchev–Trinajstić information content (AvgIpc) is 2.77. The number of hydrogen-bond donors (Lipinski definition) is 1. The largest absolute Gasteiger partial charge is 0.375 e. The highest BCUT2D eigenvalue weighted by Gasteiger charge is 2.24. The number of benzene rings is 1. The lowest BCUT2D eigenvalue weighted by Gasteiger charge is -2.20. The second-order valence-electron chi connectivity index (χ2n) is 5.48. The van der Waals surface area contributed by atoms with Gasteiger partial charge in [0, 0.05) is 19.7 Å². The van der Waals surface area contributed by atoms with Gasteiger partial charge >= 0.3 is 0 Å². The van der Waals surface area contributed by atoms with Gasteiger partial charge in [-0.15, -0.1) is 0 Å². The zero-order valence-electron chi connectivity index (χ0n) is 13.4. The molecule has 0 spiro atoms. The van der Waals surface area contributed by atoms with Crippen molar-refractivity contribution in [2.75, 3.05) is 24.3 Å². The molecule has 0 bridgehead atoms. The van der Waals surface area contributed by atoms with Crippen LogP contribution in [0.3, 0.4) is 0 Å². The van der Waals surface area contributed by atoms with E-state index >= 15 is 0 Å². The van der Waals surface area contributed by atoms with Crippen molar-refractivity contribution in [2.24, 2.45) is 0 Å². The zero-order valence-corrected chi connectivity index (χ0v) is 14.2. The van der Waals surface area contributed by atoms with Gasteiger partial charge in [-0.25, -0.2) is 0 Å². The zero-order chi connectivity index (χ0) is 16.4. The number of nitrogens with one attached hydrogen (secondary N) is 1. The first-order valence-electron chi connectivity index (χ1n) is 7.02. The number of hydrogen-bond acceptors (Lipinski definition) is 4. The van der Waals surface area contributed by atoms with Gasteiger partial charge < -0.3 is 14.7 Å². The summed E-state index contributed by atoms with van der Waals surface area (Å²) in [4.78, 5) is 14.4. The summed E-state index contributed by atoms with van der Waals surface area (Å²) in [6, 6.07) is 5.44. The Bertz CT molecular complexity index is 675. The Morgan fingerprint density at radius 1 is 1.36 bits per heavy atom. The summed E-state index contributed by atoms with van der Waals surface area (Å²) in [5.74, 6) is 0.180. The Kier molecular flexibility index (Phi) is 4.76. The van der Waals surface area contributed by atoms with Crippen LogP contribution >= 0.6 is 11.6 Å². The van der Waals surface area contributed by atoms with Gasteiger partial charge in [0.15, 0.2) is 0 Å². The summed E-state index contributed by atoms with van der Waals surface area (Å²) >= 11 is 6.22. The highest BCUT2D eigenvalue weighted by atomic mass is 35.5. The lowest BCUT2D eigenvalue weighted by Crippen LogP contribution is -2.22. The van der Waals surface area contributed by atoms with Crippen molar-refractivity contribution in [1.29, 1.82) is 0 Å². The molecule has 2 rings (SSSR count). The summed E-state index contributed by atoms with van der Waals surface area (Å²) in [6.07, 6.45) is 0. The third-order valence-corrected chi connectivity index (χ3v) is 3.91. The Labute approximate surface area is 135 Å². The van der Waals surface area contributed by atoms with E-state index in [4.69, 9.17) is 16.1 Å². The number of aromatic nitrogens is 1. The molecule has 22 heavy (non-hydrogen) atoms. The molecule has 0 fully saturated rings. The molecule has 1 N–H and O–H groups in total. The molecule has 0 saturated heterocycles. The topological polar surface area (TPSA) is 58.4 Å². The normalized spacial score (nSPS) is 12.1. The molecule has 0 unspecified atom stereocenters. The van der Waals surface area contributed by atoms with Crippen LogP contribution in [0.2, 0.25) is 5.02 Å². The first kappa shape index (κ1) is 16.4. The number of rotatable bonds is 4. The van der Waals surface area contributed by atoms with E-state index in [1.165, 1.54) is 0 Å². The van der Waals surface area contributed by atoms with Crippen molar-refractivity contribution in [1.82, 2.24) is 5.16 Å². The number of para-hydroxylation sites is 1. The third-order valence-electron chi connectivity index (χ3n) is 3.61. The summed E-state index contributed by atoms with van der Waals surface area (Å²) in [5.41, 5.74) is 3.02. The molecule has 0 aliphatic rings. The minimum Gasteiger partial charge on any atom is -0.375 e. The van der Waals surface area contributed by atoms with Gasteiger partial charge in [0.2, 0.25) is 5.91 Å². The quantitative estimate of drug-likeness (QED) is 0.931. The molecule has 0 radical (unpaired) electrons. The predicted octanol–water partition coefficient (Wildman–Crippen LogP) is 3.75. The first-order chi connectivity index (χ1) is 10.3. The minimum absolute atomic E-state index is 0.125. The van der Waals surface area contributed by atoms with Crippen molar-refractivity contribution in [3.05, 3.63) is 40.2 Å². The predicted molar refractivity (Wildman–Crippen MR) is 88.8 cm³/mol. The van der Waals surface area contributed by atoms with E-state index < -0.39 is 0 Å². The summed E-state index contributed by atoms with van der Waals surface area (Å²) in [6.45, 7) is 5.48. The van der Waals surface area contributed by atoms with Gasteiger partial charge in [-0.05, 0) is 32.9 Å². The van der Waals surface area contributed by atoms with Crippen molar-refractivity contribution < 1.29 is 9.32 Å². The number of halogens is 1.